The molecule has 0 aromatic carbocycles. The SMILES string of the molecule is O=C(CCc1cccnc1)NC[C@@H]1CCOC1. The minimum atomic E-state index is 0.112. The normalized spacial score (nSPS) is 19.2. The van der Waals surface area contributed by atoms with Gasteiger partial charge < -0.3 is 10.1 Å². The first-order chi connectivity index (χ1) is 8.34. The number of pyridine rings is 1. The molecular weight excluding hydrogens is 216 g/mol. The van der Waals surface area contributed by atoms with Gasteiger partial charge in [-0.25, -0.2) is 0 Å². The molecule has 1 aliphatic heterocycles. The molecule has 0 bridgehead atoms. The molecule has 4 nitrogen and oxygen atoms in total. The molecule has 1 atom stereocenters. The van der Waals surface area contributed by atoms with Gasteiger partial charge in [0.05, 0.1) is 6.61 Å². The maximum atomic E-state index is 11.6. The Balaban J connectivity index is 1.64. The Morgan fingerprint density at radius 1 is 1.59 bits per heavy atom. The lowest BCUT2D eigenvalue weighted by Gasteiger charge is -2.09. The lowest BCUT2D eigenvalue weighted by Crippen LogP contribution is -2.29. The Labute approximate surface area is 101 Å². The van der Waals surface area contributed by atoms with Gasteiger partial charge in [0.15, 0.2) is 0 Å². The van der Waals surface area contributed by atoms with E-state index in [2.05, 4.69) is 10.3 Å². The van der Waals surface area contributed by atoms with Crippen LogP contribution in [0, 0.1) is 5.92 Å². The summed E-state index contributed by atoms with van der Waals surface area (Å²) in [6, 6.07) is 3.88. The van der Waals surface area contributed by atoms with Gasteiger partial charge in [-0.1, -0.05) is 6.07 Å². The molecule has 0 radical (unpaired) electrons. The summed E-state index contributed by atoms with van der Waals surface area (Å²) in [5, 5.41) is 2.96. The van der Waals surface area contributed by atoms with Crippen molar-refractivity contribution < 1.29 is 9.53 Å². The summed E-state index contributed by atoms with van der Waals surface area (Å²) < 4.78 is 5.26. The molecule has 1 amide bonds. The van der Waals surface area contributed by atoms with Gasteiger partial charge in [0.2, 0.25) is 5.91 Å². The van der Waals surface area contributed by atoms with E-state index < -0.39 is 0 Å². The van der Waals surface area contributed by atoms with Crippen molar-refractivity contribution in [3.8, 4) is 0 Å². The van der Waals surface area contributed by atoms with E-state index >= 15 is 0 Å². The average Bonchev–Trinajstić information content (AvgIpc) is 2.88. The summed E-state index contributed by atoms with van der Waals surface area (Å²) in [6.07, 6.45) is 5.88. The van der Waals surface area contributed by atoms with E-state index in [4.69, 9.17) is 4.74 Å². The molecule has 1 aromatic heterocycles. The molecule has 1 aromatic rings. The highest BCUT2D eigenvalue weighted by Crippen LogP contribution is 2.10. The minimum absolute atomic E-state index is 0.112. The summed E-state index contributed by atoms with van der Waals surface area (Å²) in [5.41, 5.74) is 1.10. The second kappa shape index (κ2) is 6.35. The van der Waals surface area contributed by atoms with Crippen molar-refractivity contribution in [2.24, 2.45) is 5.92 Å². The smallest absolute Gasteiger partial charge is 0.220 e. The third-order valence-corrected chi connectivity index (χ3v) is 2.98. The van der Waals surface area contributed by atoms with E-state index in [1.807, 2.05) is 12.1 Å². The molecule has 0 aliphatic carbocycles. The number of carbonyl (C=O) groups excluding carboxylic acids is 1. The van der Waals surface area contributed by atoms with Crippen molar-refractivity contribution in [1.82, 2.24) is 10.3 Å². The van der Waals surface area contributed by atoms with Crippen LogP contribution in [-0.2, 0) is 16.0 Å². The van der Waals surface area contributed by atoms with Crippen LogP contribution in [-0.4, -0.2) is 30.6 Å². The van der Waals surface area contributed by atoms with Gasteiger partial charge in [-0.3, -0.25) is 9.78 Å². The van der Waals surface area contributed by atoms with E-state index in [-0.39, 0.29) is 5.91 Å². The molecule has 0 spiro atoms. The Bertz CT molecular complexity index is 348. The van der Waals surface area contributed by atoms with Gasteiger partial charge in [-0.05, 0) is 24.5 Å². The number of hydrogen-bond donors (Lipinski definition) is 1. The van der Waals surface area contributed by atoms with E-state index in [0.29, 0.717) is 12.3 Å². The largest absolute Gasteiger partial charge is 0.381 e. The molecule has 1 aliphatic rings. The van der Waals surface area contributed by atoms with Crippen LogP contribution in [0.4, 0.5) is 0 Å². The zero-order chi connectivity index (χ0) is 11.9. The first kappa shape index (κ1) is 12.0. The monoisotopic (exact) mass is 234 g/mol. The molecule has 2 heterocycles. The topological polar surface area (TPSA) is 51.2 Å². The van der Waals surface area contributed by atoms with Crippen LogP contribution in [0.1, 0.15) is 18.4 Å². The molecular formula is C13H18N2O2. The highest BCUT2D eigenvalue weighted by molar-refractivity contribution is 5.76. The molecule has 4 heteroatoms. The third-order valence-electron chi connectivity index (χ3n) is 2.98. The minimum Gasteiger partial charge on any atom is -0.381 e. The number of carbonyl (C=O) groups is 1. The van der Waals surface area contributed by atoms with Crippen LogP contribution in [0.2, 0.25) is 0 Å². The molecule has 0 unspecified atom stereocenters. The number of nitrogens with one attached hydrogen (secondary N) is 1. The second-order valence-electron chi connectivity index (χ2n) is 4.39. The quantitative estimate of drug-likeness (QED) is 0.832. The van der Waals surface area contributed by atoms with Crippen LogP contribution in [0.15, 0.2) is 24.5 Å². The fourth-order valence-corrected chi connectivity index (χ4v) is 1.89. The van der Waals surface area contributed by atoms with Crippen molar-refractivity contribution in [2.75, 3.05) is 19.8 Å². The zero-order valence-corrected chi connectivity index (χ0v) is 9.89. The van der Waals surface area contributed by atoms with E-state index in [0.717, 1.165) is 38.2 Å². The number of aromatic nitrogens is 1. The second-order valence-corrected chi connectivity index (χ2v) is 4.39. The maximum absolute atomic E-state index is 11.6. The van der Waals surface area contributed by atoms with Crippen LogP contribution >= 0.6 is 0 Å². The molecule has 1 N–H and O–H groups in total. The molecule has 17 heavy (non-hydrogen) atoms. The molecule has 1 saturated heterocycles. The number of ether oxygens (including phenoxy) is 1. The predicted molar refractivity (Wildman–Crippen MR) is 64.5 cm³/mol. The Morgan fingerprint density at radius 3 is 3.24 bits per heavy atom. The van der Waals surface area contributed by atoms with Gasteiger partial charge in [0.1, 0.15) is 0 Å². The van der Waals surface area contributed by atoms with Crippen LogP contribution in [0.3, 0.4) is 0 Å². The zero-order valence-electron chi connectivity index (χ0n) is 9.89. The number of hydrogen-bond acceptors (Lipinski definition) is 3. The maximum Gasteiger partial charge on any atom is 0.220 e. The summed E-state index contributed by atoms with van der Waals surface area (Å²) in [6.45, 7) is 2.35. The van der Waals surface area contributed by atoms with Gasteiger partial charge >= 0.3 is 0 Å². The first-order valence-electron chi connectivity index (χ1n) is 6.08. The summed E-state index contributed by atoms with van der Waals surface area (Å²) in [5.74, 6) is 0.609. The predicted octanol–water partition coefficient (Wildman–Crippen LogP) is 1.17. The lowest BCUT2D eigenvalue weighted by molar-refractivity contribution is -0.121. The highest BCUT2D eigenvalue weighted by atomic mass is 16.5. The summed E-state index contributed by atoms with van der Waals surface area (Å²) in [7, 11) is 0. The Hall–Kier alpha value is -1.42. The number of amides is 1. The summed E-state index contributed by atoms with van der Waals surface area (Å²) in [4.78, 5) is 15.6. The van der Waals surface area contributed by atoms with Crippen molar-refractivity contribution in [2.45, 2.75) is 19.3 Å². The molecule has 92 valence electrons. The van der Waals surface area contributed by atoms with Gasteiger partial charge in [-0.15, -0.1) is 0 Å². The van der Waals surface area contributed by atoms with E-state index in [9.17, 15) is 4.79 Å². The Morgan fingerprint density at radius 2 is 2.53 bits per heavy atom. The van der Waals surface area contributed by atoms with E-state index in [1.165, 1.54) is 0 Å². The number of rotatable bonds is 5. The fourth-order valence-electron chi connectivity index (χ4n) is 1.89. The number of nitrogens with zero attached hydrogens (tertiary/aromatic N) is 1. The van der Waals surface area contributed by atoms with Crippen LogP contribution in [0.25, 0.3) is 0 Å². The van der Waals surface area contributed by atoms with Crippen molar-refractivity contribution in [3.05, 3.63) is 30.1 Å². The molecule has 1 fully saturated rings. The Kier molecular flexibility index (Phi) is 4.50. The van der Waals surface area contributed by atoms with Crippen molar-refractivity contribution in [3.63, 3.8) is 0 Å². The average molecular weight is 234 g/mol. The van der Waals surface area contributed by atoms with E-state index in [1.54, 1.807) is 12.4 Å². The number of aryl methyl sites for hydroxylation is 1. The summed E-state index contributed by atoms with van der Waals surface area (Å²) >= 11 is 0. The van der Waals surface area contributed by atoms with Gasteiger partial charge in [0, 0.05) is 37.9 Å². The molecule has 2 rings (SSSR count). The van der Waals surface area contributed by atoms with Crippen molar-refractivity contribution >= 4 is 5.91 Å². The standard InChI is InChI=1S/C13H18N2O2/c16-13(15-9-12-5-7-17-10-12)4-3-11-2-1-6-14-8-11/h1-2,6,8,12H,3-5,7,9-10H2,(H,15,16)/t12-/m0/s1. The van der Waals surface area contributed by atoms with Gasteiger partial charge in [0.25, 0.3) is 0 Å². The third kappa shape index (κ3) is 4.15. The fraction of sp³-hybridized carbons (Fsp3) is 0.538. The van der Waals surface area contributed by atoms with Crippen LogP contribution < -0.4 is 5.32 Å². The highest BCUT2D eigenvalue weighted by Gasteiger charge is 2.15. The van der Waals surface area contributed by atoms with Crippen LogP contribution in [0.5, 0.6) is 0 Å². The molecule has 0 saturated carbocycles. The first-order valence-corrected chi connectivity index (χ1v) is 6.08. The lowest BCUT2D eigenvalue weighted by atomic mass is 10.1. The van der Waals surface area contributed by atoms with Crippen molar-refractivity contribution in [1.29, 1.82) is 0 Å². The van der Waals surface area contributed by atoms with Gasteiger partial charge in [-0.2, -0.15) is 0 Å².